The molecule has 2 heterocycles. The molecule has 1 aromatic heterocycles. The van der Waals surface area contributed by atoms with E-state index in [0.29, 0.717) is 5.56 Å². The molecule has 214 valence electrons. The van der Waals surface area contributed by atoms with Gasteiger partial charge in [0, 0.05) is 13.0 Å². The Morgan fingerprint density at radius 1 is 1.13 bits per heavy atom. The van der Waals surface area contributed by atoms with Gasteiger partial charge in [0.2, 0.25) is 11.8 Å². The van der Waals surface area contributed by atoms with E-state index >= 15 is 0 Å². The molecule has 5 atom stereocenters. The highest BCUT2D eigenvalue weighted by molar-refractivity contribution is 7.13. The van der Waals surface area contributed by atoms with Crippen molar-refractivity contribution in [1.82, 2.24) is 20.5 Å². The summed E-state index contributed by atoms with van der Waals surface area (Å²) in [5.74, 6) is -1.27. The lowest BCUT2D eigenvalue weighted by Crippen LogP contribution is -2.56. The second-order valence-electron chi connectivity index (χ2n) is 11.4. The molecule has 1 aliphatic rings. The van der Waals surface area contributed by atoms with Crippen LogP contribution in [0.1, 0.15) is 65.3 Å². The fraction of sp³-hybridized carbons (Fsp3) is 0.571. The summed E-state index contributed by atoms with van der Waals surface area (Å²) in [6, 6.07) is 4.88. The standard InChI is InChI=1S/C28H40N4O6S/c1-15(2)22(31-27(37)38-28(5,6)7)26(36)32-13-20(34)12-21(32)25(35)30-23(17(4)33)18-8-10-19(11-9-18)24-16(3)29-14-39-24/h8-11,14-15,17,20-23,33-34H,12-13H2,1-7H3,(H,30,35)(H,31,37)/t17-,20+,21-,22-,23?/m0/s1. The summed E-state index contributed by atoms with van der Waals surface area (Å²) >= 11 is 1.54. The van der Waals surface area contributed by atoms with Crippen molar-refractivity contribution >= 4 is 29.2 Å². The summed E-state index contributed by atoms with van der Waals surface area (Å²) in [6.07, 6.45) is -2.50. The van der Waals surface area contributed by atoms with Crippen molar-refractivity contribution in [1.29, 1.82) is 0 Å². The Hall–Kier alpha value is -3.02. The second-order valence-corrected chi connectivity index (χ2v) is 12.2. The number of nitrogens with zero attached hydrogens (tertiary/aromatic N) is 2. The highest BCUT2D eigenvalue weighted by atomic mass is 32.1. The van der Waals surface area contributed by atoms with Crippen LogP contribution in [0.4, 0.5) is 4.79 Å². The van der Waals surface area contributed by atoms with Crippen LogP contribution in [0.15, 0.2) is 29.8 Å². The minimum atomic E-state index is -0.963. The summed E-state index contributed by atoms with van der Waals surface area (Å²) in [4.78, 5) is 46.0. The number of benzene rings is 1. The first-order valence-corrected chi connectivity index (χ1v) is 14.0. The summed E-state index contributed by atoms with van der Waals surface area (Å²) in [5.41, 5.74) is 3.66. The number of carbonyl (C=O) groups is 3. The number of thiazole rings is 1. The molecule has 10 nitrogen and oxygen atoms in total. The van der Waals surface area contributed by atoms with Gasteiger partial charge in [-0.25, -0.2) is 9.78 Å². The van der Waals surface area contributed by atoms with Gasteiger partial charge >= 0.3 is 6.09 Å². The number of carbonyl (C=O) groups excluding carboxylic acids is 3. The Labute approximate surface area is 233 Å². The number of amides is 3. The van der Waals surface area contributed by atoms with Gasteiger partial charge in [-0.3, -0.25) is 9.59 Å². The summed E-state index contributed by atoms with van der Waals surface area (Å²) in [7, 11) is 0. The highest BCUT2D eigenvalue weighted by Gasteiger charge is 2.43. The zero-order valence-corrected chi connectivity index (χ0v) is 24.4. The van der Waals surface area contributed by atoms with E-state index in [1.54, 1.807) is 47.1 Å². The molecule has 4 N–H and O–H groups in total. The van der Waals surface area contributed by atoms with E-state index in [9.17, 15) is 24.6 Å². The van der Waals surface area contributed by atoms with Crippen LogP contribution < -0.4 is 10.6 Å². The molecule has 0 aliphatic carbocycles. The van der Waals surface area contributed by atoms with Crippen LogP contribution in [0.3, 0.4) is 0 Å². The fourth-order valence-electron chi connectivity index (χ4n) is 4.59. The third-order valence-corrected chi connectivity index (χ3v) is 7.50. The predicted octanol–water partition coefficient (Wildman–Crippen LogP) is 3.17. The minimum Gasteiger partial charge on any atom is -0.444 e. The normalized spacial score (nSPS) is 19.9. The molecule has 39 heavy (non-hydrogen) atoms. The number of hydrogen-bond acceptors (Lipinski definition) is 8. The van der Waals surface area contributed by atoms with Crippen molar-refractivity contribution in [3.63, 3.8) is 0 Å². The Bertz CT molecular complexity index is 1160. The molecular weight excluding hydrogens is 520 g/mol. The van der Waals surface area contributed by atoms with Gasteiger partial charge in [-0.2, -0.15) is 0 Å². The van der Waals surface area contributed by atoms with E-state index in [4.69, 9.17) is 4.74 Å². The summed E-state index contributed by atoms with van der Waals surface area (Å²) in [6.45, 7) is 12.2. The van der Waals surface area contributed by atoms with Crippen molar-refractivity contribution in [2.75, 3.05) is 6.54 Å². The number of aryl methyl sites for hydroxylation is 1. The third kappa shape index (κ3) is 7.77. The number of rotatable bonds is 8. The van der Waals surface area contributed by atoms with Gasteiger partial charge in [-0.15, -0.1) is 11.3 Å². The van der Waals surface area contributed by atoms with Crippen LogP contribution in [-0.4, -0.2) is 74.4 Å². The zero-order chi connectivity index (χ0) is 29.1. The average molecular weight is 561 g/mol. The molecule has 11 heteroatoms. The SMILES string of the molecule is Cc1ncsc1-c1ccc(C(NC(=O)[C@@H]2C[C@@H](O)CN2C(=O)[C@@H](NC(=O)OC(C)(C)C)C(C)C)[C@H](C)O)cc1. The smallest absolute Gasteiger partial charge is 0.408 e. The summed E-state index contributed by atoms with van der Waals surface area (Å²) < 4.78 is 5.31. The van der Waals surface area contributed by atoms with E-state index in [0.717, 1.165) is 16.1 Å². The van der Waals surface area contributed by atoms with E-state index in [1.165, 1.54) is 16.2 Å². The van der Waals surface area contributed by atoms with Gasteiger partial charge in [-0.05, 0) is 51.7 Å². The van der Waals surface area contributed by atoms with Crippen molar-refractivity contribution < 1.29 is 29.3 Å². The lowest BCUT2D eigenvalue weighted by atomic mass is 9.99. The first kappa shape index (κ1) is 30.5. The van der Waals surface area contributed by atoms with Gasteiger partial charge in [0.1, 0.15) is 17.7 Å². The number of hydrogen-bond donors (Lipinski definition) is 4. The maximum atomic E-state index is 13.5. The van der Waals surface area contributed by atoms with E-state index in [2.05, 4.69) is 15.6 Å². The number of aromatic nitrogens is 1. The maximum Gasteiger partial charge on any atom is 0.408 e. The number of aliphatic hydroxyl groups excluding tert-OH is 2. The Morgan fingerprint density at radius 2 is 1.77 bits per heavy atom. The first-order valence-electron chi connectivity index (χ1n) is 13.1. The van der Waals surface area contributed by atoms with Gasteiger partial charge in [-0.1, -0.05) is 38.1 Å². The molecule has 3 rings (SSSR count). The summed E-state index contributed by atoms with van der Waals surface area (Å²) in [5, 5.41) is 26.4. The van der Waals surface area contributed by atoms with Crippen LogP contribution in [0.2, 0.25) is 0 Å². The van der Waals surface area contributed by atoms with Gasteiger partial charge < -0.3 is 30.5 Å². The lowest BCUT2D eigenvalue weighted by molar-refractivity contribution is -0.141. The highest BCUT2D eigenvalue weighted by Crippen LogP contribution is 2.29. The van der Waals surface area contributed by atoms with Crippen LogP contribution in [-0.2, 0) is 14.3 Å². The molecule has 0 bridgehead atoms. The lowest BCUT2D eigenvalue weighted by Gasteiger charge is -2.32. The Morgan fingerprint density at radius 3 is 2.28 bits per heavy atom. The third-order valence-electron chi connectivity index (χ3n) is 6.53. The molecular formula is C28H40N4O6S. The second kappa shape index (κ2) is 12.4. The molecule has 0 saturated carbocycles. The van der Waals surface area contributed by atoms with E-state index in [-0.39, 0.29) is 18.9 Å². The van der Waals surface area contributed by atoms with Crippen molar-refractivity contribution in [3.05, 3.63) is 41.0 Å². The number of nitrogens with one attached hydrogen (secondary N) is 2. The van der Waals surface area contributed by atoms with Gasteiger partial charge in [0.25, 0.3) is 0 Å². The number of aliphatic hydroxyl groups is 2. The predicted molar refractivity (Wildman–Crippen MR) is 149 cm³/mol. The number of likely N-dealkylation sites (tertiary alicyclic amines) is 1. The van der Waals surface area contributed by atoms with Crippen LogP contribution >= 0.6 is 11.3 Å². The molecule has 0 radical (unpaired) electrons. The van der Waals surface area contributed by atoms with Gasteiger partial charge in [0.05, 0.1) is 34.3 Å². The number of alkyl carbamates (subject to hydrolysis) is 1. The van der Waals surface area contributed by atoms with Crippen LogP contribution in [0.5, 0.6) is 0 Å². The van der Waals surface area contributed by atoms with Crippen molar-refractivity contribution in [3.8, 4) is 10.4 Å². The Kier molecular flexibility index (Phi) is 9.74. The first-order chi connectivity index (χ1) is 18.2. The van der Waals surface area contributed by atoms with Crippen molar-refractivity contribution in [2.24, 2.45) is 5.92 Å². The molecule has 1 unspecified atom stereocenters. The Balaban J connectivity index is 1.77. The number of ether oxygens (including phenoxy) is 1. The fourth-order valence-corrected chi connectivity index (χ4v) is 5.40. The van der Waals surface area contributed by atoms with E-state index in [1.807, 2.05) is 31.2 Å². The number of β-amino-alcohol motifs (C(OH)–C–C–N with tert-alkyl or cyclic N) is 1. The zero-order valence-electron chi connectivity index (χ0n) is 23.6. The maximum absolute atomic E-state index is 13.5. The largest absolute Gasteiger partial charge is 0.444 e. The van der Waals surface area contributed by atoms with E-state index < -0.39 is 53.8 Å². The molecule has 1 fully saturated rings. The molecule has 1 aliphatic heterocycles. The molecule has 3 amide bonds. The topological polar surface area (TPSA) is 141 Å². The molecule has 1 saturated heterocycles. The van der Waals surface area contributed by atoms with Gasteiger partial charge in [0.15, 0.2) is 0 Å². The molecule has 0 spiro atoms. The van der Waals surface area contributed by atoms with Crippen molar-refractivity contribution in [2.45, 2.75) is 90.8 Å². The molecule has 1 aromatic carbocycles. The van der Waals surface area contributed by atoms with Crippen LogP contribution in [0.25, 0.3) is 10.4 Å². The monoisotopic (exact) mass is 560 g/mol. The minimum absolute atomic E-state index is 0.0433. The molecule has 2 aromatic rings. The quantitative estimate of drug-likeness (QED) is 0.389. The van der Waals surface area contributed by atoms with Crippen LogP contribution in [0, 0.1) is 12.8 Å². The average Bonchev–Trinajstić information content (AvgIpc) is 3.44.